The average Bonchev–Trinajstić information content (AvgIpc) is 2.67. The Balaban J connectivity index is 2.24. The Morgan fingerprint density at radius 3 is 2.94 bits per heavy atom. The summed E-state index contributed by atoms with van der Waals surface area (Å²) in [6.07, 6.45) is 0.665. The van der Waals surface area contributed by atoms with E-state index in [0.29, 0.717) is 11.6 Å². The van der Waals surface area contributed by atoms with Gasteiger partial charge in [0.15, 0.2) is 5.58 Å². The Labute approximate surface area is 97.2 Å². The second kappa shape index (κ2) is 4.57. The number of nitrogens with zero attached hydrogens (tertiary/aromatic N) is 1. The Bertz CT molecular complexity index is 476. The van der Waals surface area contributed by atoms with Crippen molar-refractivity contribution >= 4 is 28.8 Å². The molecule has 0 fully saturated rings. The van der Waals surface area contributed by atoms with Gasteiger partial charge in [0, 0.05) is 0 Å². The predicted octanol–water partition coefficient (Wildman–Crippen LogP) is 2.18. The Kier molecular flexibility index (Phi) is 3.14. The maximum atomic E-state index is 11.1. The molecule has 1 aromatic heterocycles. The van der Waals surface area contributed by atoms with Gasteiger partial charge in [0.25, 0.3) is 5.22 Å². The van der Waals surface area contributed by atoms with E-state index in [0.717, 1.165) is 11.1 Å². The van der Waals surface area contributed by atoms with Gasteiger partial charge in [0.1, 0.15) is 5.52 Å². The van der Waals surface area contributed by atoms with Gasteiger partial charge in [-0.05, 0) is 18.6 Å². The second-order valence-electron chi connectivity index (χ2n) is 3.36. The van der Waals surface area contributed by atoms with Gasteiger partial charge in [0.2, 0.25) is 5.91 Å². The summed E-state index contributed by atoms with van der Waals surface area (Å²) in [6, 6.07) is 7.49. The number of para-hydroxylation sites is 2. The quantitative estimate of drug-likeness (QED) is 0.826. The molecule has 2 N–H and O–H groups in total. The van der Waals surface area contributed by atoms with Crippen LogP contribution in [0.5, 0.6) is 0 Å². The summed E-state index contributed by atoms with van der Waals surface area (Å²) >= 11 is 1.27. The first-order valence-corrected chi connectivity index (χ1v) is 5.90. The number of carbonyl (C=O) groups excluding carboxylic acids is 1. The van der Waals surface area contributed by atoms with Gasteiger partial charge in [-0.15, -0.1) is 0 Å². The Morgan fingerprint density at radius 1 is 1.56 bits per heavy atom. The third kappa shape index (κ3) is 2.19. The van der Waals surface area contributed by atoms with Crippen molar-refractivity contribution in [1.82, 2.24) is 4.98 Å². The van der Waals surface area contributed by atoms with Crippen LogP contribution in [0.3, 0.4) is 0 Å². The summed E-state index contributed by atoms with van der Waals surface area (Å²) in [6.45, 7) is 1.91. The van der Waals surface area contributed by atoms with E-state index in [2.05, 4.69) is 4.98 Å². The lowest BCUT2D eigenvalue weighted by molar-refractivity contribution is -0.117. The Hall–Kier alpha value is -1.49. The van der Waals surface area contributed by atoms with Crippen LogP contribution in [0.25, 0.3) is 11.1 Å². The fourth-order valence-electron chi connectivity index (χ4n) is 1.37. The maximum Gasteiger partial charge on any atom is 0.257 e. The van der Waals surface area contributed by atoms with Crippen molar-refractivity contribution in [2.75, 3.05) is 0 Å². The van der Waals surface area contributed by atoms with E-state index in [1.807, 2.05) is 31.2 Å². The molecule has 1 aromatic carbocycles. The molecule has 0 aliphatic carbocycles. The Morgan fingerprint density at radius 2 is 2.31 bits per heavy atom. The lowest BCUT2D eigenvalue weighted by Gasteiger charge is -2.05. The van der Waals surface area contributed by atoms with Crippen molar-refractivity contribution in [1.29, 1.82) is 0 Å². The van der Waals surface area contributed by atoms with Crippen LogP contribution in [-0.2, 0) is 4.79 Å². The molecule has 5 heteroatoms. The fourth-order valence-corrected chi connectivity index (χ4v) is 2.18. The van der Waals surface area contributed by atoms with Crippen LogP contribution in [0, 0.1) is 0 Å². The van der Waals surface area contributed by atoms with E-state index >= 15 is 0 Å². The van der Waals surface area contributed by atoms with Gasteiger partial charge >= 0.3 is 0 Å². The average molecular weight is 236 g/mol. The molecule has 0 spiro atoms. The van der Waals surface area contributed by atoms with E-state index in [1.165, 1.54) is 11.8 Å². The van der Waals surface area contributed by atoms with Crippen LogP contribution < -0.4 is 5.73 Å². The largest absolute Gasteiger partial charge is 0.431 e. The summed E-state index contributed by atoms with van der Waals surface area (Å²) in [4.78, 5) is 15.4. The van der Waals surface area contributed by atoms with E-state index in [1.54, 1.807) is 0 Å². The third-order valence-corrected chi connectivity index (χ3v) is 3.43. The SMILES string of the molecule is CCC(Sc1nc2ccccc2o1)C(N)=O. The molecule has 0 radical (unpaired) electrons. The standard InChI is InChI=1S/C11H12N2O2S/c1-2-9(10(12)14)16-11-13-7-5-3-4-6-8(7)15-11/h3-6,9H,2H2,1H3,(H2,12,14). The number of amides is 1. The third-order valence-electron chi connectivity index (χ3n) is 2.21. The number of oxazole rings is 1. The maximum absolute atomic E-state index is 11.1. The second-order valence-corrected chi connectivity index (χ2v) is 4.52. The van der Waals surface area contributed by atoms with Crippen molar-refractivity contribution in [3.05, 3.63) is 24.3 Å². The van der Waals surface area contributed by atoms with Gasteiger partial charge < -0.3 is 10.2 Å². The first kappa shape index (κ1) is 11.0. The lowest BCUT2D eigenvalue weighted by atomic mass is 10.3. The lowest BCUT2D eigenvalue weighted by Crippen LogP contribution is -2.24. The molecule has 1 atom stereocenters. The molecular weight excluding hydrogens is 224 g/mol. The molecule has 1 unspecified atom stereocenters. The molecule has 84 valence electrons. The van der Waals surface area contributed by atoms with Gasteiger partial charge in [-0.1, -0.05) is 30.8 Å². The smallest absolute Gasteiger partial charge is 0.257 e. The molecular formula is C11H12N2O2S. The predicted molar refractivity (Wildman–Crippen MR) is 63.1 cm³/mol. The molecule has 0 saturated heterocycles. The summed E-state index contributed by atoms with van der Waals surface area (Å²) in [5.41, 5.74) is 6.78. The minimum atomic E-state index is -0.338. The molecule has 0 aliphatic heterocycles. The van der Waals surface area contributed by atoms with Crippen molar-refractivity contribution in [3.63, 3.8) is 0 Å². The zero-order chi connectivity index (χ0) is 11.5. The molecule has 0 saturated carbocycles. The number of primary amides is 1. The number of benzene rings is 1. The number of aromatic nitrogens is 1. The molecule has 0 bridgehead atoms. The number of thioether (sulfide) groups is 1. The van der Waals surface area contributed by atoms with Gasteiger partial charge in [-0.3, -0.25) is 4.79 Å². The number of nitrogens with two attached hydrogens (primary N) is 1. The van der Waals surface area contributed by atoms with Crippen LogP contribution in [-0.4, -0.2) is 16.1 Å². The number of hydrogen-bond acceptors (Lipinski definition) is 4. The number of fused-ring (bicyclic) bond motifs is 1. The molecule has 1 amide bonds. The highest BCUT2D eigenvalue weighted by atomic mass is 32.2. The minimum absolute atomic E-state index is 0.284. The molecule has 0 aliphatic rings. The first-order chi connectivity index (χ1) is 7.70. The summed E-state index contributed by atoms with van der Waals surface area (Å²) in [5, 5.41) is 0.208. The number of carbonyl (C=O) groups is 1. The van der Waals surface area contributed by atoms with Crippen molar-refractivity contribution in [2.45, 2.75) is 23.8 Å². The van der Waals surface area contributed by atoms with Gasteiger partial charge in [-0.25, -0.2) is 4.98 Å². The summed E-state index contributed by atoms with van der Waals surface area (Å²) in [5.74, 6) is -0.338. The van der Waals surface area contributed by atoms with Crippen LogP contribution in [0.2, 0.25) is 0 Å². The minimum Gasteiger partial charge on any atom is -0.431 e. The van der Waals surface area contributed by atoms with Crippen LogP contribution in [0.15, 0.2) is 33.9 Å². The number of rotatable bonds is 4. The van der Waals surface area contributed by atoms with Gasteiger partial charge in [0.05, 0.1) is 5.25 Å². The summed E-state index contributed by atoms with van der Waals surface area (Å²) < 4.78 is 5.49. The van der Waals surface area contributed by atoms with Crippen LogP contribution in [0.1, 0.15) is 13.3 Å². The molecule has 16 heavy (non-hydrogen) atoms. The van der Waals surface area contributed by atoms with E-state index < -0.39 is 0 Å². The normalized spacial score (nSPS) is 12.8. The molecule has 4 nitrogen and oxygen atoms in total. The van der Waals surface area contributed by atoms with E-state index in [-0.39, 0.29) is 11.2 Å². The molecule has 1 heterocycles. The highest BCUT2D eigenvalue weighted by Crippen LogP contribution is 2.27. The highest BCUT2D eigenvalue weighted by Gasteiger charge is 2.17. The van der Waals surface area contributed by atoms with Crippen molar-refractivity contribution < 1.29 is 9.21 Å². The van der Waals surface area contributed by atoms with E-state index in [9.17, 15) is 4.79 Å². The zero-order valence-electron chi connectivity index (χ0n) is 8.84. The van der Waals surface area contributed by atoms with E-state index in [4.69, 9.17) is 10.2 Å². The van der Waals surface area contributed by atoms with Crippen molar-refractivity contribution in [3.8, 4) is 0 Å². The number of hydrogen-bond donors (Lipinski definition) is 1. The fraction of sp³-hybridized carbons (Fsp3) is 0.273. The highest BCUT2D eigenvalue weighted by molar-refractivity contribution is 8.00. The summed E-state index contributed by atoms with van der Waals surface area (Å²) in [7, 11) is 0. The van der Waals surface area contributed by atoms with Crippen LogP contribution >= 0.6 is 11.8 Å². The molecule has 2 aromatic rings. The topological polar surface area (TPSA) is 69.1 Å². The zero-order valence-corrected chi connectivity index (χ0v) is 9.66. The molecule has 2 rings (SSSR count). The van der Waals surface area contributed by atoms with Crippen molar-refractivity contribution in [2.24, 2.45) is 5.73 Å². The monoisotopic (exact) mass is 236 g/mol. The van der Waals surface area contributed by atoms with Gasteiger partial charge in [-0.2, -0.15) is 0 Å². The first-order valence-electron chi connectivity index (χ1n) is 5.02. The van der Waals surface area contributed by atoms with Crippen LogP contribution in [0.4, 0.5) is 0 Å².